The second-order valence-electron chi connectivity index (χ2n) is 9.06. The Labute approximate surface area is 226 Å². The molecule has 0 atom stereocenters. The number of hydrogen-bond donors (Lipinski definition) is 3. The van der Waals surface area contributed by atoms with Crippen LogP contribution in [0.4, 0.5) is 0 Å². The van der Waals surface area contributed by atoms with E-state index < -0.39 is 0 Å². The molecule has 0 saturated carbocycles. The molecule has 1 aromatic carbocycles. The van der Waals surface area contributed by atoms with E-state index in [-0.39, 0.29) is 21.5 Å². The summed E-state index contributed by atoms with van der Waals surface area (Å²) in [5.41, 5.74) is 6.32. The third-order valence-corrected chi connectivity index (χ3v) is 7.12. The lowest BCUT2D eigenvalue weighted by Crippen LogP contribution is -2.31. The zero-order valence-corrected chi connectivity index (χ0v) is 21.8. The number of halogens is 2. The fraction of sp³-hybridized carbons (Fsp3) is 0.250. The van der Waals surface area contributed by atoms with E-state index in [0.717, 1.165) is 50.2 Å². The molecule has 1 aliphatic heterocycles. The molecule has 0 unspecified atom stereocenters. The molecule has 3 N–H and O–H groups in total. The zero-order chi connectivity index (χ0) is 25.6. The molecule has 3 heterocycles. The lowest BCUT2D eigenvalue weighted by atomic mass is 9.93. The molecule has 0 radical (unpaired) electrons. The van der Waals surface area contributed by atoms with Crippen molar-refractivity contribution in [2.75, 3.05) is 6.54 Å². The number of nitrogens with zero attached hydrogens (tertiary/aromatic N) is 3. The van der Waals surface area contributed by atoms with E-state index in [4.69, 9.17) is 23.2 Å². The summed E-state index contributed by atoms with van der Waals surface area (Å²) in [6.45, 7) is 1.95. The summed E-state index contributed by atoms with van der Waals surface area (Å²) in [4.78, 5) is 26.7. The molecule has 0 fully saturated rings. The number of nitrogens with one attached hydrogen (secondary N) is 3. The predicted molar refractivity (Wildman–Crippen MR) is 146 cm³/mol. The number of carbonyl (C=O) groups excluding carboxylic acids is 1. The van der Waals surface area contributed by atoms with Crippen molar-refractivity contribution in [2.24, 2.45) is 0 Å². The lowest BCUT2D eigenvalue weighted by Gasteiger charge is -2.34. The largest absolute Gasteiger partial charge is 0.368 e. The van der Waals surface area contributed by atoms with Crippen molar-refractivity contribution in [3.05, 3.63) is 117 Å². The number of dihydropyridines is 1. The summed E-state index contributed by atoms with van der Waals surface area (Å²) in [5.74, 6) is 0.649. The summed E-state index contributed by atoms with van der Waals surface area (Å²) >= 11 is 12.3. The van der Waals surface area contributed by atoms with Crippen molar-refractivity contribution < 1.29 is 4.79 Å². The lowest BCUT2D eigenvalue weighted by molar-refractivity contribution is 0.0951. The van der Waals surface area contributed by atoms with Gasteiger partial charge in [0.2, 0.25) is 0 Å². The Hall–Kier alpha value is -3.55. The summed E-state index contributed by atoms with van der Waals surface area (Å²) in [6.07, 6.45) is 16.8. The van der Waals surface area contributed by atoms with E-state index in [0.29, 0.717) is 6.54 Å². The van der Waals surface area contributed by atoms with Crippen LogP contribution in [0, 0.1) is 0 Å². The molecule has 190 valence electrons. The number of amides is 1. The number of benzene rings is 1. The number of aromatic amines is 1. The quantitative estimate of drug-likeness (QED) is 0.336. The highest BCUT2D eigenvalue weighted by atomic mass is 35.5. The highest BCUT2D eigenvalue weighted by Crippen LogP contribution is 2.32. The standard InChI is InChI=1S/C28H28Cl2N6O/c29-22-16-31-17-23(30)26(22)28(37)35-15-19-4-1-5-20(14-19)18-36(13-9-25-32-11-12-33-25)24-8-2-6-21-7-3-10-34-27(21)24/h1,3-5,7,10-12,14,16-17,34H,2,6,8-9,13,15,18H2,(H,32,33)(H,35,37). The van der Waals surface area contributed by atoms with Gasteiger partial charge in [0, 0.05) is 62.7 Å². The number of fused-ring (bicyclic) bond motifs is 1. The smallest absolute Gasteiger partial charge is 0.254 e. The minimum Gasteiger partial charge on any atom is -0.368 e. The molecule has 0 bridgehead atoms. The van der Waals surface area contributed by atoms with E-state index in [9.17, 15) is 4.79 Å². The first kappa shape index (κ1) is 25.1. The molecule has 1 aliphatic carbocycles. The minimum absolute atomic E-state index is 0.229. The first-order valence-electron chi connectivity index (χ1n) is 12.3. The van der Waals surface area contributed by atoms with Gasteiger partial charge in [0.15, 0.2) is 0 Å². The topological polar surface area (TPSA) is 85.9 Å². The van der Waals surface area contributed by atoms with Crippen LogP contribution in [0.5, 0.6) is 0 Å². The van der Waals surface area contributed by atoms with Crippen molar-refractivity contribution in [2.45, 2.75) is 38.8 Å². The van der Waals surface area contributed by atoms with E-state index in [1.54, 1.807) is 6.20 Å². The maximum Gasteiger partial charge on any atom is 0.254 e. The fourth-order valence-electron chi connectivity index (χ4n) is 4.78. The number of aromatic nitrogens is 3. The molecule has 37 heavy (non-hydrogen) atoms. The Morgan fingerprint density at radius 2 is 1.97 bits per heavy atom. The predicted octanol–water partition coefficient (Wildman–Crippen LogP) is 5.53. The maximum absolute atomic E-state index is 12.7. The van der Waals surface area contributed by atoms with Crippen LogP contribution in [0.3, 0.4) is 0 Å². The second kappa shape index (κ2) is 11.7. The molecule has 1 amide bonds. The third kappa shape index (κ3) is 6.06. The average molecular weight is 535 g/mol. The number of carbonyl (C=O) groups is 1. The van der Waals surface area contributed by atoms with E-state index >= 15 is 0 Å². The highest BCUT2D eigenvalue weighted by molar-refractivity contribution is 6.39. The molecule has 5 rings (SSSR count). The Balaban J connectivity index is 1.33. The van der Waals surface area contributed by atoms with Crippen molar-refractivity contribution in [3.63, 3.8) is 0 Å². The Morgan fingerprint density at radius 3 is 2.78 bits per heavy atom. The number of hydrogen-bond acceptors (Lipinski definition) is 5. The number of imidazole rings is 1. The monoisotopic (exact) mass is 534 g/mol. The number of allylic oxidation sites excluding steroid dienone is 4. The van der Waals surface area contributed by atoms with Crippen LogP contribution in [0.2, 0.25) is 10.0 Å². The zero-order valence-electron chi connectivity index (χ0n) is 20.3. The van der Waals surface area contributed by atoms with Crippen molar-refractivity contribution in [3.8, 4) is 0 Å². The van der Waals surface area contributed by atoms with Crippen molar-refractivity contribution in [1.82, 2.24) is 30.5 Å². The highest BCUT2D eigenvalue weighted by Gasteiger charge is 2.23. The van der Waals surface area contributed by atoms with Crippen LogP contribution in [0.25, 0.3) is 0 Å². The van der Waals surface area contributed by atoms with Gasteiger partial charge in [-0.1, -0.05) is 53.5 Å². The van der Waals surface area contributed by atoms with Crippen LogP contribution in [0.1, 0.15) is 46.6 Å². The second-order valence-corrected chi connectivity index (χ2v) is 9.87. The van der Waals surface area contributed by atoms with E-state index in [1.165, 1.54) is 34.9 Å². The van der Waals surface area contributed by atoms with Gasteiger partial charge in [-0.3, -0.25) is 9.78 Å². The van der Waals surface area contributed by atoms with Gasteiger partial charge in [0.25, 0.3) is 5.91 Å². The van der Waals surface area contributed by atoms with Gasteiger partial charge >= 0.3 is 0 Å². The average Bonchev–Trinajstić information content (AvgIpc) is 3.43. The molecule has 7 nitrogen and oxygen atoms in total. The summed E-state index contributed by atoms with van der Waals surface area (Å²) in [5, 5.41) is 6.88. The van der Waals surface area contributed by atoms with Gasteiger partial charge in [0.1, 0.15) is 5.82 Å². The SMILES string of the molecule is O=C(NCc1cccc(CN(CCc2ncc[nH]2)C2=C3NC=CC=C3CCC2)c1)c1c(Cl)cncc1Cl. The fourth-order valence-corrected chi connectivity index (χ4v) is 5.31. The Morgan fingerprint density at radius 1 is 1.14 bits per heavy atom. The number of rotatable bonds is 9. The first-order chi connectivity index (χ1) is 18.1. The van der Waals surface area contributed by atoms with E-state index in [2.05, 4.69) is 54.8 Å². The van der Waals surface area contributed by atoms with Crippen molar-refractivity contribution >= 4 is 29.1 Å². The molecule has 9 heteroatoms. The first-order valence-corrected chi connectivity index (χ1v) is 13.1. The molecule has 3 aromatic rings. The van der Waals surface area contributed by atoms with Gasteiger partial charge in [-0.05, 0) is 42.0 Å². The molecular weight excluding hydrogens is 507 g/mol. The molecule has 2 aromatic heterocycles. The van der Waals surface area contributed by atoms with Crippen LogP contribution in [0.15, 0.2) is 84.4 Å². The molecular formula is C28H28Cl2N6O. The molecule has 2 aliphatic rings. The van der Waals surface area contributed by atoms with Gasteiger partial charge in [-0.25, -0.2) is 4.98 Å². The Kier molecular flexibility index (Phi) is 7.92. The molecule has 0 spiro atoms. The summed E-state index contributed by atoms with van der Waals surface area (Å²) in [6, 6.07) is 8.29. The maximum atomic E-state index is 12.7. The van der Waals surface area contributed by atoms with Crippen LogP contribution in [-0.2, 0) is 19.5 Å². The van der Waals surface area contributed by atoms with Crippen LogP contribution in [-0.4, -0.2) is 32.3 Å². The summed E-state index contributed by atoms with van der Waals surface area (Å²) in [7, 11) is 0. The van der Waals surface area contributed by atoms with Crippen LogP contribution >= 0.6 is 23.2 Å². The molecule has 0 saturated heterocycles. The van der Waals surface area contributed by atoms with Gasteiger partial charge in [0.05, 0.1) is 21.3 Å². The van der Waals surface area contributed by atoms with Gasteiger partial charge < -0.3 is 20.5 Å². The third-order valence-electron chi connectivity index (χ3n) is 6.54. The van der Waals surface area contributed by atoms with Gasteiger partial charge in [-0.15, -0.1) is 0 Å². The Bertz CT molecular complexity index is 1340. The van der Waals surface area contributed by atoms with Gasteiger partial charge in [-0.2, -0.15) is 0 Å². The van der Waals surface area contributed by atoms with E-state index in [1.807, 2.05) is 24.5 Å². The van der Waals surface area contributed by atoms with Crippen LogP contribution < -0.4 is 10.6 Å². The number of pyridine rings is 1. The van der Waals surface area contributed by atoms with Crippen molar-refractivity contribution in [1.29, 1.82) is 0 Å². The minimum atomic E-state index is -0.326. The number of H-pyrrole nitrogens is 1. The normalized spacial score (nSPS) is 14.6. The summed E-state index contributed by atoms with van der Waals surface area (Å²) < 4.78 is 0.